The summed E-state index contributed by atoms with van der Waals surface area (Å²) >= 11 is 0. The van der Waals surface area contributed by atoms with E-state index in [0.29, 0.717) is 37.5 Å². The summed E-state index contributed by atoms with van der Waals surface area (Å²) in [4.78, 5) is 24.9. The highest BCUT2D eigenvalue weighted by Gasteiger charge is 2.29. The quantitative estimate of drug-likeness (QED) is 0.695. The molecule has 0 aliphatic carbocycles. The first kappa shape index (κ1) is 22.5. The van der Waals surface area contributed by atoms with E-state index in [1.165, 1.54) is 12.1 Å². The molecule has 1 saturated heterocycles. The van der Waals surface area contributed by atoms with Crippen LogP contribution in [0, 0.1) is 11.8 Å². The van der Waals surface area contributed by atoms with Crippen LogP contribution in [0.2, 0.25) is 0 Å². The second kappa shape index (κ2) is 9.42. The van der Waals surface area contributed by atoms with Gasteiger partial charge in [0.2, 0.25) is 21.8 Å². The van der Waals surface area contributed by atoms with Gasteiger partial charge in [-0.05, 0) is 67.5 Å². The number of carbonyl (C=O) groups is 2. The lowest BCUT2D eigenvalue weighted by Gasteiger charge is -2.30. The van der Waals surface area contributed by atoms with Gasteiger partial charge < -0.3 is 10.6 Å². The topological polar surface area (TPSA) is 95.6 Å². The third-order valence-corrected chi connectivity index (χ3v) is 8.11. The Kier molecular flexibility index (Phi) is 6.62. The van der Waals surface area contributed by atoms with E-state index in [0.717, 1.165) is 24.1 Å². The fraction of sp³-hybridized carbons (Fsp3) is 0.417. The Bertz CT molecular complexity index is 1100. The van der Waals surface area contributed by atoms with Gasteiger partial charge in [-0.3, -0.25) is 9.59 Å². The molecule has 0 aromatic heterocycles. The average Bonchev–Trinajstić information content (AvgIpc) is 2.78. The molecule has 170 valence electrons. The largest absolute Gasteiger partial charge is 0.326 e. The van der Waals surface area contributed by atoms with E-state index < -0.39 is 10.0 Å². The third kappa shape index (κ3) is 5.02. The van der Waals surface area contributed by atoms with Crippen LogP contribution < -0.4 is 10.6 Å². The van der Waals surface area contributed by atoms with Gasteiger partial charge in [-0.2, -0.15) is 4.31 Å². The number of carbonyl (C=O) groups excluding carboxylic acids is 2. The van der Waals surface area contributed by atoms with Gasteiger partial charge in [-0.25, -0.2) is 8.42 Å². The van der Waals surface area contributed by atoms with Crippen LogP contribution >= 0.6 is 0 Å². The van der Waals surface area contributed by atoms with E-state index in [9.17, 15) is 18.0 Å². The first-order valence-corrected chi connectivity index (χ1v) is 12.6. The smallest absolute Gasteiger partial charge is 0.243 e. The van der Waals surface area contributed by atoms with Crippen LogP contribution in [-0.4, -0.2) is 37.6 Å². The van der Waals surface area contributed by atoms with Crippen molar-refractivity contribution in [3.05, 3.63) is 54.1 Å². The summed E-state index contributed by atoms with van der Waals surface area (Å²) in [6.07, 6.45) is 3.21. The molecule has 2 aliphatic heterocycles. The molecule has 0 radical (unpaired) electrons. The molecule has 2 aromatic rings. The van der Waals surface area contributed by atoms with Gasteiger partial charge in [0.05, 0.1) is 4.90 Å². The molecule has 1 fully saturated rings. The van der Waals surface area contributed by atoms with E-state index in [1.54, 1.807) is 16.4 Å². The van der Waals surface area contributed by atoms with E-state index in [1.807, 2.05) is 24.3 Å². The third-order valence-electron chi connectivity index (χ3n) is 6.23. The predicted octanol–water partition coefficient (Wildman–Crippen LogP) is 3.64. The average molecular weight is 456 g/mol. The fourth-order valence-electron chi connectivity index (χ4n) is 4.40. The van der Waals surface area contributed by atoms with Crippen molar-refractivity contribution in [1.82, 2.24) is 4.31 Å². The molecule has 32 heavy (non-hydrogen) atoms. The number of piperidine rings is 1. The minimum atomic E-state index is -3.52. The van der Waals surface area contributed by atoms with Crippen molar-refractivity contribution in [2.45, 2.75) is 43.9 Å². The molecule has 2 atom stereocenters. The first-order chi connectivity index (χ1) is 15.3. The number of benzene rings is 2. The molecule has 8 heteroatoms. The maximum absolute atomic E-state index is 12.9. The number of hydrogen-bond acceptors (Lipinski definition) is 4. The number of fused-ring (bicyclic) bond motifs is 1. The number of hydrogen-bond donors (Lipinski definition) is 2. The van der Waals surface area contributed by atoms with Gasteiger partial charge in [0.1, 0.15) is 0 Å². The molecule has 4 rings (SSSR count). The van der Waals surface area contributed by atoms with Crippen molar-refractivity contribution < 1.29 is 18.0 Å². The zero-order chi connectivity index (χ0) is 22.7. The lowest BCUT2D eigenvalue weighted by Crippen LogP contribution is -2.39. The van der Waals surface area contributed by atoms with Crippen LogP contribution in [0.5, 0.6) is 0 Å². The van der Waals surface area contributed by atoms with Crippen LogP contribution in [0.1, 0.15) is 38.2 Å². The summed E-state index contributed by atoms with van der Waals surface area (Å²) in [7, 11) is -3.52. The van der Waals surface area contributed by atoms with Crippen molar-refractivity contribution in [3.8, 4) is 0 Å². The summed E-state index contributed by atoms with van der Waals surface area (Å²) < 4.78 is 27.3. The van der Waals surface area contributed by atoms with E-state index >= 15 is 0 Å². The maximum Gasteiger partial charge on any atom is 0.243 e. The number of anilines is 2. The fourth-order valence-corrected chi connectivity index (χ4v) is 6.00. The predicted molar refractivity (Wildman–Crippen MR) is 124 cm³/mol. The molecule has 2 aromatic carbocycles. The van der Waals surface area contributed by atoms with Crippen LogP contribution in [0.4, 0.5) is 11.4 Å². The molecule has 2 unspecified atom stereocenters. The molecular formula is C24H29N3O4S. The highest BCUT2D eigenvalue weighted by molar-refractivity contribution is 7.89. The highest BCUT2D eigenvalue weighted by Crippen LogP contribution is 2.28. The van der Waals surface area contributed by atoms with Crippen molar-refractivity contribution >= 4 is 33.2 Å². The van der Waals surface area contributed by atoms with Gasteiger partial charge in [0.15, 0.2) is 0 Å². The maximum atomic E-state index is 12.9. The number of nitrogens with zero attached hydrogens (tertiary/aromatic N) is 1. The monoisotopic (exact) mass is 455 g/mol. The Hall–Kier alpha value is -2.71. The molecule has 7 nitrogen and oxygen atoms in total. The SMILES string of the molecule is CC1CCCN(S(=O)(=O)c2ccc(NC(=O)CCC3Cc4ccccc4NC3=O)cc2)C1. The second-order valence-electron chi connectivity index (χ2n) is 8.77. The first-order valence-electron chi connectivity index (χ1n) is 11.1. The number of amides is 2. The molecule has 2 amide bonds. The van der Waals surface area contributed by atoms with E-state index in [-0.39, 0.29) is 29.0 Å². The second-order valence-corrected chi connectivity index (χ2v) is 10.7. The summed E-state index contributed by atoms with van der Waals surface area (Å²) in [5, 5.41) is 5.70. The molecule has 2 heterocycles. The number of sulfonamides is 1. The van der Waals surface area contributed by atoms with Gasteiger partial charge in [-0.15, -0.1) is 0 Å². The molecule has 2 aliphatic rings. The van der Waals surface area contributed by atoms with Crippen molar-refractivity contribution in [2.75, 3.05) is 23.7 Å². The van der Waals surface area contributed by atoms with Gasteiger partial charge in [0.25, 0.3) is 0 Å². The van der Waals surface area contributed by atoms with Crippen molar-refractivity contribution in [3.63, 3.8) is 0 Å². The Labute approximate surface area is 189 Å². The van der Waals surface area contributed by atoms with E-state index in [2.05, 4.69) is 17.6 Å². The minimum Gasteiger partial charge on any atom is -0.326 e. The summed E-state index contributed by atoms with van der Waals surface area (Å²) in [6.45, 7) is 3.15. The molecule has 2 N–H and O–H groups in total. The normalized spacial score (nSPS) is 21.5. The van der Waals surface area contributed by atoms with Gasteiger partial charge in [0, 0.05) is 36.8 Å². The highest BCUT2D eigenvalue weighted by atomic mass is 32.2. The van der Waals surface area contributed by atoms with Crippen LogP contribution in [0.25, 0.3) is 0 Å². The minimum absolute atomic E-state index is 0.0573. The summed E-state index contributed by atoms with van der Waals surface area (Å²) in [5.74, 6) is -0.137. The Balaban J connectivity index is 1.32. The molecular weight excluding hydrogens is 426 g/mol. The Morgan fingerprint density at radius 3 is 2.66 bits per heavy atom. The standard InChI is InChI=1S/C24H29N3O4S/c1-17-5-4-14-27(16-17)32(30,31)21-11-9-20(10-12-21)25-23(28)13-8-19-15-18-6-2-3-7-22(18)26-24(19)29/h2-3,6-7,9-12,17,19H,4-5,8,13-16H2,1H3,(H,25,28)(H,26,29). The molecule has 0 saturated carbocycles. The van der Waals surface area contributed by atoms with Gasteiger partial charge in [-0.1, -0.05) is 25.1 Å². The lowest BCUT2D eigenvalue weighted by molar-refractivity contribution is -0.121. The van der Waals surface area contributed by atoms with Crippen LogP contribution in [0.15, 0.2) is 53.4 Å². The van der Waals surface area contributed by atoms with Crippen molar-refractivity contribution in [2.24, 2.45) is 11.8 Å². The molecule has 0 bridgehead atoms. The van der Waals surface area contributed by atoms with Crippen LogP contribution in [-0.2, 0) is 26.0 Å². The summed E-state index contributed by atoms with van der Waals surface area (Å²) in [6, 6.07) is 14.0. The Morgan fingerprint density at radius 2 is 1.91 bits per heavy atom. The molecule has 0 spiro atoms. The van der Waals surface area contributed by atoms with Crippen LogP contribution in [0.3, 0.4) is 0 Å². The Morgan fingerprint density at radius 1 is 1.16 bits per heavy atom. The van der Waals surface area contributed by atoms with E-state index in [4.69, 9.17) is 0 Å². The lowest BCUT2D eigenvalue weighted by atomic mass is 9.89. The number of para-hydroxylation sites is 1. The zero-order valence-electron chi connectivity index (χ0n) is 18.2. The summed E-state index contributed by atoms with van der Waals surface area (Å²) in [5.41, 5.74) is 2.46. The van der Waals surface area contributed by atoms with Gasteiger partial charge >= 0.3 is 0 Å². The van der Waals surface area contributed by atoms with Crippen molar-refractivity contribution in [1.29, 1.82) is 0 Å². The zero-order valence-corrected chi connectivity index (χ0v) is 19.0. The number of rotatable bonds is 6. The number of nitrogens with one attached hydrogen (secondary N) is 2.